The molecule has 4 aliphatic carbocycles. The fourth-order valence-corrected chi connectivity index (χ4v) is 7.70. The predicted molar refractivity (Wildman–Crippen MR) is 95.1 cm³/mol. The quantitative estimate of drug-likeness (QED) is 0.831. The van der Waals surface area contributed by atoms with Crippen LogP contribution in [-0.4, -0.2) is 43.4 Å². The largest absolute Gasteiger partial charge is 0.390 e. The number of hydrogen-bond acceptors (Lipinski definition) is 4. The standard InChI is InChI=1S/C21H34O4/c1-20-10-9-15(22)19(25-4)14(20)6-5-12-13-7-8-17(23)21(13,2)11-16(24-3)18(12)20/h12-16,18-19,22H,5-11H2,1-4H3. The van der Waals surface area contributed by atoms with E-state index in [-0.39, 0.29) is 29.1 Å². The van der Waals surface area contributed by atoms with Crippen LogP contribution in [0.15, 0.2) is 0 Å². The van der Waals surface area contributed by atoms with Gasteiger partial charge < -0.3 is 14.6 Å². The molecule has 9 unspecified atom stereocenters. The van der Waals surface area contributed by atoms with Gasteiger partial charge >= 0.3 is 0 Å². The van der Waals surface area contributed by atoms with E-state index in [0.717, 1.165) is 44.9 Å². The van der Waals surface area contributed by atoms with E-state index < -0.39 is 0 Å². The van der Waals surface area contributed by atoms with Gasteiger partial charge in [0.15, 0.2) is 0 Å². The fraction of sp³-hybridized carbons (Fsp3) is 0.952. The van der Waals surface area contributed by atoms with E-state index in [0.29, 0.717) is 29.5 Å². The summed E-state index contributed by atoms with van der Waals surface area (Å²) in [5.74, 6) is 2.41. The van der Waals surface area contributed by atoms with Gasteiger partial charge in [-0.2, -0.15) is 0 Å². The molecule has 4 rings (SSSR count). The lowest BCUT2D eigenvalue weighted by Gasteiger charge is -2.63. The van der Waals surface area contributed by atoms with Crippen molar-refractivity contribution in [3.63, 3.8) is 0 Å². The average molecular weight is 350 g/mol. The Morgan fingerprint density at radius 2 is 1.80 bits per heavy atom. The molecule has 0 spiro atoms. The second kappa shape index (κ2) is 6.03. The zero-order valence-electron chi connectivity index (χ0n) is 16.2. The van der Waals surface area contributed by atoms with Crippen LogP contribution in [0.25, 0.3) is 0 Å². The molecule has 4 nitrogen and oxygen atoms in total. The van der Waals surface area contributed by atoms with Gasteiger partial charge in [0, 0.05) is 26.1 Å². The summed E-state index contributed by atoms with van der Waals surface area (Å²) in [6, 6.07) is 0. The van der Waals surface area contributed by atoms with Crippen molar-refractivity contribution >= 4 is 5.78 Å². The summed E-state index contributed by atoms with van der Waals surface area (Å²) in [6.45, 7) is 4.62. The van der Waals surface area contributed by atoms with Gasteiger partial charge in [0.2, 0.25) is 0 Å². The molecule has 0 aromatic heterocycles. The Morgan fingerprint density at radius 3 is 2.48 bits per heavy atom. The van der Waals surface area contributed by atoms with Crippen molar-refractivity contribution < 1.29 is 19.4 Å². The van der Waals surface area contributed by atoms with Crippen LogP contribution in [0.5, 0.6) is 0 Å². The van der Waals surface area contributed by atoms with Crippen molar-refractivity contribution in [1.82, 2.24) is 0 Å². The second-order valence-electron chi connectivity index (χ2n) is 9.65. The minimum absolute atomic E-state index is 0.0595. The van der Waals surface area contributed by atoms with Crippen molar-refractivity contribution in [2.45, 2.75) is 77.1 Å². The Labute approximate surface area is 151 Å². The lowest BCUT2D eigenvalue weighted by atomic mass is 9.44. The van der Waals surface area contributed by atoms with E-state index in [2.05, 4.69) is 13.8 Å². The first-order valence-corrected chi connectivity index (χ1v) is 10.1. The van der Waals surface area contributed by atoms with Crippen molar-refractivity contribution in [3.8, 4) is 0 Å². The van der Waals surface area contributed by atoms with Crippen LogP contribution in [-0.2, 0) is 14.3 Å². The summed E-state index contributed by atoms with van der Waals surface area (Å²) in [4.78, 5) is 12.7. The van der Waals surface area contributed by atoms with Crippen LogP contribution in [0, 0.1) is 34.5 Å². The van der Waals surface area contributed by atoms with Gasteiger partial charge in [-0.05, 0) is 67.6 Å². The van der Waals surface area contributed by atoms with E-state index in [1.54, 1.807) is 7.11 Å². The van der Waals surface area contributed by atoms with Crippen LogP contribution in [0.1, 0.15) is 58.8 Å². The number of carbonyl (C=O) groups is 1. The van der Waals surface area contributed by atoms with Crippen LogP contribution in [0.3, 0.4) is 0 Å². The number of methoxy groups -OCH3 is 2. The highest BCUT2D eigenvalue weighted by atomic mass is 16.5. The normalized spacial score (nSPS) is 55.4. The smallest absolute Gasteiger partial charge is 0.139 e. The number of aliphatic hydroxyl groups is 1. The highest BCUT2D eigenvalue weighted by Gasteiger charge is 2.64. The first-order chi connectivity index (χ1) is 11.9. The van der Waals surface area contributed by atoms with Crippen LogP contribution < -0.4 is 0 Å². The third-order valence-corrected chi connectivity index (χ3v) is 8.89. The Bertz CT molecular complexity index is 548. The van der Waals surface area contributed by atoms with Gasteiger partial charge in [-0.25, -0.2) is 0 Å². The average Bonchev–Trinajstić information content (AvgIpc) is 2.89. The summed E-state index contributed by atoms with van der Waals surface area (Å²) >= 11 is 0. The van der Waals surface area contributed by atoms with Gasteiger partial charge in [-0.1, -0.05) is 13.8 Å². The third kappa shape index (κ3) is 2.33. The number of rotatable bonds is 2. The van der Waals surface area contributed by atoms with Crippen molar-refractivity contribution in [1.29, 1.82) is 0 Å². The SMILES string of the molecule is COC1CC2(C)C(=O)CCC2C2CCC3C(OC)C(O)CCC3(C)C12. The molecule has 9 atom stereocenters. The summed E-state index contributed by atoms with van der Waals surface area (Å²) in [5, 5.41) is 10.5. The molecule has 0 aromatic carbocycles. The lowest BCUT2D eigenvalue weighted by molar-refractivity contribution is -0.212. The monoisotopic (exact) mass is 350 g/mol. The maximum atomic E-state index is 12.7. The van der Waals surface area contributed by atoms with E-state index >= 15 is 0 Å². The van der Waals surface area contributed by atoms with Crippen LogP contribution >= 0.6 is 0 Å². The molecule has 4 fully saturated rings. The molecule has 0 aliphatic heterocycles. The number of ether oxygens (including phenoxy) is 2. The molecule has 0 amide bonds. The zero-order chi connectivity index (χ0) is 18.0. The molecule has 0 aromatic rings. The fourth-order valence-electron chi connectivity index (χ4n) is 7.70. The van der Waals surface area contributed by atoms with Gasteiger partial charge in [-0.3, -0.25) is 4.79 Å². The number of carbonyl (C=O) groups excluding carboxylic acids is 1. The molecule has 142 valence electrons. The highest BCUT2D eigenvalue weighted by Crippen LogP contribution is 2.66. The van der Waals surface area contributed by atoms with Crippen molar-refractivity contribution in [3.05, 3.63) is 0 Å². The van der Waals surface area contributed by atoms with E-state index in [1.807, 2.05) is 7.11 Å². The van der Waals surface area contributed by atoms with E-state index in [4.69, 9.17) is 9.47 Å². The van der Waals surface area contributed by atoms with Gasteiger partial charge in [0.25, 0.3) is 0 Å². The molecule has 0 bridgehead atoms. The summed E-state index contributed by atoms with van der Waals surface area (Å²) in [7, 11) is 3.57. The van der Waals surface area contributed by atoms with Crippen LogP contribution in [0.2, 0.25) is 0 Å². The summed E-state index contributed by atoms with van der Waals surface area (Å²) in [5.41, 5.74) is -0.0453. The van der Waals surface area contributed by atoms with Crippen molar-refractivity contribution in [2.75, 3.05) is 14.2 Å². The third-order valence-electron chi connectivity index (χ3n) is 8.89. The second-order valence-corrected chi connectivity index (χ2v) is 9.65. The molecule has 4 saturated carbocycles. The zero-order valence-corrected chi connectivity index (χ0v) is 16.2. The highest BCUT2D eigenvalue weighted by molar-refractivity contribution is 5.87. The molecule has 0 heterocycles. The number of aliphatic hydroxyl groups excluding tert-OH is 1. The first kappa shape index (κ1) is 17.9. The molecule has 25 heavy (non-hydrogen) atoms. The van der Waals surface area contributed by atoms with Gasteiger partial charge in [0.05, 0.1) is 18.3 Å². The topological polar surface area (TPSA) is 55.8 Å². The summed E-state index contributed by atoms with van der Waals surface area (Å²) in [6.07, 6.45) is 6.52. The molecule has 0 saturated heterocycles. The number of hydrogen-bond donors (Lipinski definition) is 1. The maximum Gasteiger partial charge on any atom is 0.139 e. The lowest BCUT2D eigenvalue weighted by Crippen LogP contribution is -2.62. The number of fused-ring (bicyclic) bond motifs is 5. The molecular weight excluding hydrogens is 316 g/mol. The molecule has 1 N–H and O–H groups in total. The van der Waals surface area contributed by atoms with Crippen LogP contribution in [0.4, 0.5) is 0 Å². The molecular formula is C21H34O4. The number of ketones is 1. The Hall–Kier alpha value is -0.450. The Balaban J connectivity index is 1.72. The minimum atomic E-state index is -0.345. The predicted octanol–water partition coefficient (Wildman–Crippen LogP) is 3.21. The first-order valence-electron chi connectivity index (χ1n) is 10.1. The van der Waals surface area contributed by atoms with Gasteiger partial charge in [-0.15, -0.1) is 0 Å². The Morgan fingerprint density at radius 1 is 1.04 bits per heavy atom. The molecule has 0 radical (unpaired) electrons. The minimum Gasteiger partial charge on any atom is -0.390 e. The molecule has 4 heteroatoms. The van der Waals surface area contributed by atoms with Crippen molar-refractivity contribution in [2.24, 2.45) is 34.5 Å². The van der Waals surface area contributed by atoms with Gasteiger partial charge in [0.1, 0.15) is 5.78 Å². The summed E-state index contributed by atoms with van der Waals surface area (Å²) < 4.78 is 11.8. The maximum absolute atomic E-state index is 12.7. The van der Waals surface area contributed by atoms with E-state index in [9.17, 15) is 9.90 Å². The molecule has 4 aliphatic rings. The number of Topliss-reactive ketones (excluding diaryl/α,β-unsaturated/α-hetero) is 1. The van der Waals surface area contributed by atoms with E-state index in [1.165, 1.54) is 0 Å². The Kier molecular flexibility index (Phi) is 4.33.